The van der Waals surface area contributed by atoms with E-state index in [9.17, 15) is 4.79 Å². The van der Waals surface area contributed by atoms with E-state index in [-0.39, 0.29) is 18.5 Å². The minimum absolute atomic E-state index is 0.0384. The van der Waals surface area contributed by atoms with Crippen molar-refractivity contribution in [3.8, 4) is 0 Å². The molecule has 0 aliphatic heterocycles. The molecule has 0 bridgehead atoms. The molecule has 3 aromatic rings. The first kappa shape index (κ1) is 14.3. The van der Waals surface area contributed by atoms with Crippen LogP contribution in [0.15, 0.2) is 48.5 Å². The van der Waals surface area contributed by atoms with Crippen molar-refractivity contribution in [1.82, 2.24) is 20.3 Å². The first-order valence-electron chi connectivity index (χ1n) is 7.28. The van der Waals surface area contributed by atoms with Crippen LogP contribution in [-0.2, 0) is 11.3 Å². The number of nitrogens with one attached hydrogen (secondary N) is 1. The summed E-state index contributed by atoms with van der Waals surface area (Å²) in [5, 5.41) is 11.1. The topological polar surface area (TPSA) is 59.8 Å². The van der Waals surface area contributed by atoms with E-state index >= 15 is 0 Å². The normalized spacial score (nSPS) is 12.3. The summed E-state index contributed by atoms with van der Waals surface area (Å²) >= 11 is 0. The number of rotatable bonds is 4. The first-order chi connectivity index (χ1) is 10.6. The Bertz CT molecular complexity index is 809. The lowest BCUT2D eigenvalue weighted by atomic mass is 10.0. The fourth-order valence-electron chi connectivity index (χ4n) is 2.61. The second-order valence-electron chi connectivity index (χ2n) is 5.38. The van der Waals surface area contributed by atoms with Gasteiger partial charge in [-0.05, 0) is 37.1 Å². The molecule has 1 atom stereocenters. The third kappa shape index (κ3) is 2.83. The molecule has 0 aliphatic carbocycles. The zero-order valence-corrected chi connectivity index (χ0v) is 12.7. The Morgan fingerprint density at radius 1 is 1.18 bits per heavy atom. The van der Waals surface area contributed by atoms with Gasteiger partial charge in [0.1, 0.15) is 12.1 Å². The van der Waals surface area contributed by atoms with E-state index in [0.29, 0.717) is 0 Å². The average Bonchev–Trinajstić information content (AvgIpc) is 2.91. The SMILES string of the molecule is Cc1ccccc1[C@@H](C)NC(=O)Cn1nnc2ccccc21. The number of hydrogen-bond acceptors (Lipinski definition) is 3. The quantitative estimate of drug-likeness (QED) is 0.804. The highest BCUT2D eigenvalue weighted by molar-refractivity contribution is 5.80. The molecule has 0 fully saturated rings. The second kappa shape index (κ2) is 5.97. The predicted molar refractivity (Wildman–Crippen MR) is 85.3 cm³/mol. The summed E-state index contributed by atoms with van der Waals surface area (Å²) < 4.78 is 1.62. The molecular formula is C17H18N4O. The van der Waals surface area contributed by atoms with Crippen LogP contribution in [0.5, 0.6) is 0 Å². The number of para-hydroxylation sites is 1. The van der Waals surface area contributed by atoms with Gasteiger partial charge in [0.15, 0.2) is 0 Å². The van der Waals surface area contributed by atoms with Crippen molar-refractivity contribution in [1.29, 1.82) is 0 Å². The van der Waals surface area contributed by atoms with E-state index in [2.05, 4.69) is 15.6 Å². The van der Waals surface area contributed by atoms with Crippen molar-refractivity contribution in [2.75, 3.05) is 0 Å². The standard InChI is InChI=1S/C17H18N4O/c1-12-7-3-4-8-14(12)13(2)18-17(22)11-21-16-10-6-5-9-15(16)19-20-21/h3-10,13H,11H2,1-2H3,(H,18,22)/t13-/m1/s1. The summed E-state index contributed by atoms with van der Waals surface area (Å²) in [6.45, 7) is 4.19. The van der Waals surface area contributed by atoms with Crippen molar-refractivity contribution < 1.29 is 4.79 Å². The number of benzene rings is 2. The predicted octanol–water partition coefficient (Wildman–Crippen LogP) is 2.62. The van der Waals surface area contributed by atoms with Crippen LogP contribution in [0.2, 0.25) is 0 Å². The molecule has 2 aromatic carbocycles. The summed E-state index contributed by atoms with van der Waals surface area (Å²) in [6.07, 6.45) is 0. The highest BCUT2D eigenvalue weighted by Crippen LogP contribution is 2.16. The van der Waals surface area contributed by atoms with Gasteiger partial charge in [-0.3, -0.25) is 4.79 Å². The average molecular weight is 294 g/mol. The first-order valence-corrected chi connectivity index (χ1v) is 7.28. The Balaban J connectivity index is 1.71. The van der Waals surface area contributed by atoms with Gasteiger partial charge in [0, 0.05) is 0 Å². The molecule has 0 saturated heterocycles. The molecule has 22 heavy (non-hydrogen) atoms. The minimum Gasteiger partial charge on any atom is -0.348 e. The molecule has 0 radical (unpaired) electrons. The highest BCUT2D eigenvalue weighted by Gasteiger charge is 2.13. The van der Waals surface area contributed by atoms with Gasteiger partial charge in [-0.1, -0.05) is 41.6 Å². The van der Waals surface area contributed by atoms with Gasteiger partial charge in [0.2, 0.25) is 5.91 Å². The summed E-state index contributed by atoms with van der Waals surface area (Å²) in [4.78, 5) is 12.2. The number of amides is 1. The zero-order valence-electron chi connectivity index (χ0n) is 12.7. The van der Waals surface area contributed by atoms with Crippen LogP contribution in [0.25, 0.3) is 11.0 Å². The highest BCUT2D eigenvalue weighted by atomic mass is 16.2. The van der Waals surface area contributed by atoms with Gasteiger partial charge < -0.3 is 5.32 Å². The van der Waals surface area contributed by atoms with E-state index in [1.54, 1.807) is 4.68 Å². The lowest BCUT2D eigenvalue weighted by Gasteiger charge is -2.16. The third-order valence-electron chi connectivity index (χ3n) is 3.75. The molecule has 0 spiro atoms. The molecule has 0 saturated carbocycles. The summed E-state index contributed by atoms with van der Waals surface area (Å²) in [5.74, 6) is -0.0774. The molecule has 112 valence electrons. The molecule has 1 N–H and O–H groups in total. The third-order valence-corrected chi connectivity index (χ3v) is 3.75. The lowest BCUT2D eigenvalue weighted by Crippen LogP contribution is -2.30. The monoisotopic (exact) mass is 294 g/mol. The van der Waals surface area contributed by atoms with E-state index in [1.807, 2.05) is 62.4 Å². The van der Waals surface area contributed by atoms with Gasteiger partial charge in [-0.2, -0.15) is 0 Å². The largest absolute Gasteiger partial charge is 0.348 e. The number of aryl methyl sites for hydroxylation is 1. The number of nitrogens with zero attached hydrogens (tertiary/aromatic N) is 3. The smallest absolute Gasteiger partial charge is 0.242 e. The number of fused-ring (bicyclic) bond motifs is 1. The molecule has 5 heteroatoms. The molecule has 3 rings (SSSR count). The van der Waals surface area contributed by atoms with Crippen LogP contribution in [0.3, 0.4) is 0 Å². The molecule has 1 amide bonds. The molecule has 0 unspecified atom stereocenters. The van der Waals surface area contributed by atoms with Crippen molar-refractivity contribution in [3.05, 3.63) is 59.7 Å². The molecule has 5 nitrogen and oxygen atoms in total. The maximum atomic E-state index is 12.2. The second-order valence-corrected chi connectivity index (χ2v) is 5.38. The van der Waals surface area contributed by atoms with Crippen LogP contribution in [0, 0.1) is 6.92 Å². The van der Waals surface area contributed by atoms with Crippen molar-refractivity contribution in [2.24, 2.45) is 0 Å². The fourth-order valence-corrected chi connectivity index (χ4v) is 2.61. The maximum Gasteiger partial charge on any atom is 0.242 e. The van der Waals surface area contributed by atoms with Crippen LogP contribution < -0.4 is 5.32 Å². The van der Waals surface area contributed by atoms with Gasteiger partial charge in [0.05, 0.1) is 11.6 Å². The molecular weight excluding hydrogens is 276 g/mol. The minimum atomic E-state index is -0.0774. The summed E-state index contributed by atoms with van der Waals surface area (Å²) in [7, 11) is 0. The summed E-state index contributed by atoms with van der Waals surface area (Å²) in [5.41, 5.74) is 3.95. The zero-order chi connectivity index (χ0) is 15.5. The van der Waals surface area contributed by atoms with Crippen molar-refractivity contribution in [2.45, 2.75) is 26.4 Å². The Morgan fingerprint density at radius 3 is 2.73 bits per heavy atom. The Labute approximate surface area is 129 Å². The fraction of sp³-hybridized carbons (Fsp3) is 0.235. The van der Waals surface area contributed by atoms with Crippen LogP contribution >= 0.6 is 0 Å². The van der Waals surface area contributed by atoms with E-state index in [0.717, 1.165) is 16.6 Å². The Hall–Kier alpha value is -2.69. The molecule has 0 aliphatic rings. The van der Waals surface area contributed by atoms with Crippen LogP contribution in [0.1, 0.15) is 24.1 Å². The van der Waals surface area contributed by atoms with Crippen LogP contribution in [0.4, 0.5) is 0 Å². The molecule has 1 aromatic heterocycles. The Kier molecular flexibility index (Phi) is 3.87. The van der Waals surface area contributed by atoms with Gasteiger partial charge in [0.25, 0.3) is 0 Å². The van der Waals surface area contributed by atoms with Crippen molar-refractivity contribution >= 4 is 16.9 Å². The number of hydrogen-bond donors (Lipinski definition) is 1. The Morgan fingerprint density at radius 2 is 1.91 bits per heavy atom. The van der Waals surface area contributed by atoms with Crippen LogP contribution in [-0.4, -0.2) is 20.9 Å². The van der Waals surface area contributed by atoms with Crippen molar-refractivity contribution in [3.63, 3.8) is 0 Å². The van der Waals surface area contributed by atoms with E-state index in [4.69, 9.17) is 0 Å². The lowest BCUT2D eigenvalue weighted by molar-refractivity contribution is -0.122. The van der Waals surface area contributed by atoms with Gasteiger partial charge >= 0.3 is 0 Å². The number of carbonyl (C=O) groups excluding carboxylic acids is 1. The maximum absolute atomic E-state index is 12.2. The summed E-state index contributed by atoms with van der Waals surface area (Å²) in [6, 6.07) is 15.6. The van der Waals surface area contributed by atoms with E-state index in [1.165, 1.54) is 5.56 Å². The number of aromatic nitrogens is 3. The van der Waals surface area contributed by atoms with Gasteiger partial charge in [-0.15, -0.1) is 5.10 Å². The van der Waals surface area contributed by atoms with E-state index < -0.39 is 0 Å². The number of carbonyl (C=O) groups is 1. The van der Waals surface area contributed by atoms with Gasteiger partial charge in [-0.25, -0.2) is 4.68 Å². The molecule has 1 heterocycles.